The van der Waals surface area contributed by atoms with Crippen molar-refractivity contribution in [2.75, 3.05) is 26.6 Å². The summed E-state index contributed by atoms with van der Waals surface area (Å²) >= 11 is 0. The van der Waals surface area contributed by atoms with Crippen molar-refractivity contribution in [3.8, 4) is 11.5 Å². The molecule has 0 fully saturated rings. The van der Waals surface area contributed by atoms with Gasteiger partial charge in [-0.15, -0.1) is 0 Å². The van der Waals surface area contributed by atoms with Gasteiger partial charge in [0.2, 0.25) is 5.88 Å². The maximum atomic E-state index is 5.39. The zero-order valence-electron chi connectivity index (χ0n) is 12.6. The fourth-order valence-corrected chi connectivity index (χ4v) is 3.00. The predicted octanol–water partition coefficient (Wildman–Crippen LogP) is 3.01. The zero-order chi connectivity index (χ0) is 14.8. The third-order valence-electron chi connectivity index (χ3n) is 4.16. The van der Waals surface area contributed by atoms with Crippen LogP contribution in [-0.4, -0.2) is 26.4 Å². The van der Waals surface area contributed by atoms with E-state index in [1.165, 1.54) is 11.1 Å². The van der Waals surface area contributed by atoms with Crippen molar-refractivity contribution >= 4 is 5.88 Å². The molecule has 1 heterocycles. The summed E-state index contributed by atoms with van der Waals surface area (Å²) in [5, 5.41) is 7.24. The highest BCUT2D eigenvalue weighted by Crippen LogP contribution is 2.38. The minimum atomic E-state index is 0.437. The fourth-order valence-electron chi connectivity index (χ4n) is 3.00. The van der Waals surface area contributed by atoms with Crippen LogP contribution in [0.4, 0.5) is 5.88 Å². The summed E-state index contributed by atoms with van der Waals surface area (Å²) in [5.41, 5.74) is 3.53. The highest BCUT2D eigenvalue weighted by molar-refractivity contribution is 5.47. The Morgan fingerprint density at radius 2 is 2.05 bits per heavy atom. The number of hydrogen-bond acceptors (Lipinski definition) is 5. The van der Waals surface area contributed by atoms with E-state index in [1.54, 1.807) is 14.2 Å². The van der Waals surface area contributed by atoms with Crippen molar-refractivity contribution in [3.05, 3.63) is 35.0 Å². The SMILES string of the molecule is CNc1onc2c1CCC(c1ccc(OC)c(OC)c1)C2. The molecule has 0 bridgehead atoms. The molecule has 1 aromatic carbocycles. The van der Waals surface area contributed by atoms with Gasteiger partial charge in [0.15, 0.2) is 11.5 Å². The molecule has 1 aliphatic rings. The smallest absolute Gasteiger partial charge is 0.227 e. The maximum absolute atomic E-state index is 5.39. The second-order valence-electron chi connectivity index (χ2n) is 5.24. The third kappa shape index (κ3) is 2.44. The molecule has 21 heavy (non-hydrogen) atoms. The van der Waals surface area contributed by atoms with Crippen molar-refractivity contribution in [1.29, 1.82) is 0 Å². The fraction of sp³-hybridized carbons (Fsp3) is 0.438. The number of methoxy groups -OCH3 is 2. The number of anilines is 1. The predicted molar refractivity (Wildman–Crippen MR) is 80.4 cm³/mol. The summed E-state index contributed by atoms with van der Waals surface area (Å²) in [6.45, 7) is 0. The maximum Gasteiger partial charge on any atom is 0.227 e. The quantitative estimate of drug-likeness (QED) is 0.937. The molecule has 0 aliphatic heterocycles. The second-order valence-corrected chi connectivity index (χ2v) is 5.24. The van der Waals surface area contributed by atoms with Gasteiger partial charge in [0.25, 0.3) is 0 Å². The van der Waals surface area contributed by atoms with Crippen LogP contribution in [0.5, 0.6) is 11.5 Å². The van der Waals surface area contributed by atoms with E-state index in [0.29, 0.717) is 5.92 Å². The van der Waals surface area contributed by atoms with Crippen LogP contribution in [0.15, 0.2) is 22.7 Å². The average molecular weight is 288 g/mol. The molecule has 112 valence electrons. The Morgan fingerprint density at radius 1 is 1.24 bits per heavy atom. The van der Waals surface area contributed by atoms with E-state index in [2.05, 4.69) is 22.6 Å². The monoisotopic (exact) mass is 288 g/mol. The standard InChI is InChI=1S/C16H20N2O3/c1-17-16-12-6-4-10(8-13(12)18-21-16)11-5-7-14(19-2)15(9-11)20-3/h5,7,9-10,17H,4,6,8H2,1-3H3. The number of nitrogens with zero attached hydrogens (tertiary/aromatic N) is 1. The molecule has 0 saturated heterocycles. The van der Waals surface area contributed by atoms with Crippen molar-refractivity contribution in [2.24, 2.45) is 0 Å². The molecule has 5 heteroatoms. The van der Waals surface area contributed by atoms with Crippen LogP contribution in [0.1, 0.15) is 29.2 Å². The molecule has 0 radical (unpaired) electrons. The second kappa shape index (κ2) is 5.68. The minimum absolute atomic E-state index is 0.437. The Labute approximate surface area is 124 Å². The van der Waals surface area contributed by atoms with Gasteiger partial charge in [0.05, 0.1) is 19.9 Å². The Bertz CT molecular complexity index is 636. The number of aromatic nitrogens is 1. The van der Waals surface area contributed by atoms with Crippen molar-refractivity contribution in [3.63, 3.8) is 0 Å². The lowest BCUT2D eigenvalue weighted by Gasteiger charge is -2.22. The Balaban J connectivity index is 1.86. The molecule has 0 spiro atoms. The largest absolute Gasteiger partial charge is 0.493 e. The summed E-state index contributed by atoms with van der Waals surface area (Å²) in [4.78, 5) is 0. The molecule has 1 unspecified atom stereocenters. The molecule has 1 N–H and O–H groups in total. The highest BCUT2D eigenvalue weighted by Gasteiger charge is 2.26. The molecule has 3 rings (SSSR count). The summed E-state index contributed by atoms with van der Waals surface area (Å²) in [7, 11) is 5.18. The van der Waals surface area contributed by atoms with Gasteiger partial charge in [-0.1, -0.05) is 11.2 Å². The van der Waals surface area contributed by atoms with Crippen molar-refractivity contribution in [2.45, 2.75) is 25.2 Å². The Kier molecular flexibility index (Phi) is 3.73. The van der Waals surface area contributed by atoms with Gasteiger partial charge in [-0.25, -0.2) is 0 Å². The molecule has 5 nitrogen and oxygen atoms in total. The number of rotatable bonds is 4. The van der Waals surface area contributed by atoms with Crippen LogP contribution in [0.25, 0.3) is 0 Å². The summed E-state index contributed by atoms with van der Waals surface area (Å²) < 4.78 is 16.0. The van der Waals surface area contributed by atoms with Gasteiger partial charge < -0.3 is 19.3 Å². The van der Waals surface area contributed by atoms with Crippen LogP contribution < -0.4 is 14.8 Å². The third-order valence-corrected chi connectivity index (χ3v) is 4.16. The number of nitrogens with one attached hydrogen (secondary N) is 1. The van der Waals surface area contributed by atoms with E-state index in [4.69, 9.17) is 14.0 Å². The molecule has 0 amide bonds. The molecular weight excluding hydrogens is 268 g/mol. The minimum Gasteiger partial charge on any atom is -0.493 e. The lowest BCUT2D eigenvalue weighted by Crippen LogP contribution is -2.13. The van der Waals surface area contributed by atoms with E-state index in [-0.39, 0.29) is 0 Å². The van der Waals surface area contributed by atoms with E-state index < -0.39 is 0 Å². The number of benzene rings is 1. The molecule has 2 aromatic rings. The average Bonchev–Trinajstić information content (AvgIpc) is 2.96. The van der Waals surface area contributed by atoms with Crippen LogP contribution in [0, 0.1) is 0 Å². The van der Waals surface area contributed by atoms with Crippen LogP contribution in [-0.2, 0) is 12.8 Å². The number of hydrogen-bond donors (Lipinski definition) is 1. The molecule has 0 saturated carbocycles. The topological polar surface area (TPSA) is 56.5 Å². The first-order chi connectivity index (χ1) is 10.3. The normalized spacial score (nSPS) is 17.2. The molecule has 1 aliphatic carbocycles. The lowest BCUT2D eigenvalue weighted by atomic mass is 9.83. The lowest BCUT2D eigenvalue weighted by molar-refractivity contribution is 0.354. The number of ether oxygens (including phenoxy) is 2. The van der Waals surface area contributed by atoms with Crippen LogP contribution >= 0.6 is 0 Å². The number of fused-ring (bicyclic) bond motifs is 1. The van der Waals surface area contributed by atoms with Crippen molar-refractivity contribution < 1.29 is 14.0 Å². The Morgan fingerprint density at radius 3 is 2.76 bits per heavy atom. The first kappa shape index (κ1) is 13.8. The zero-order valence-corrected chi connectivity index (χ0v) is 12.6. The van der Waals surface area contributed by atoms with E-state index >= 15 is 0 Å². The van der Waals surface area contributed by atoms with Gasteiger partial charge in [-0.05, 0) is 36.5 Å². The first-order valence-corrected chi connectivity index (χ1v) is 7.14. The summed E-state index contributed by atoms with van der Waals surface area (Å²) in [6.07, 6.45) is 2.96. The van der Waals surface area contributed by atoms with Gasteiger partial charge in [0, 0.05) is 19.0 Å². The molecule has 1 atom stereocenters. The van der Waals surface area contributed by atoms with E-state index in [1.807, 2.05) is 13.1 Å². The summed E-state index contributed by atoms with van der Waals surface area (Å²) in [6, 6.07) is 6.13. The van der Waals surface area contributed by atoms with Crippen LogP contribution in [0.2, 0.25) is 0 Å². The Hall–Kier alpha value is -2.17. The highest BCUT2D eigenvalue weighted by atomic mass is 16.5. The van der Waals surface area contributed by atoms with Gasteiger partial charge >= 0.3 is 0 Å². The summed E-state index contributed by atoms with van der Waals surface area (Å²) in [5.74, 6) is 2.77. The van der Waals surface area contributed by atoms with Crippen molar-refractivity contribution in [1.82, 2.24) is 5.16 Å². The van der Waals surface area contributed by atoms with Gasteiger partial charge in [0.1, 0.15) is 0 Å². The van der Waals surface area contributed by atoms with Gasteiger partial charge in [-0.3, -0.25) is 0 Å². The first-order valence-electron chi connectivity index (χ1n) is 7.14. The van der Waals surface area contributed by atoms with Crippen LogP contribution in [0.3, 0.4) is 0 Å². The van der Waals surface area contributed by atoms with E-state index in [0.717, 1.165) is 42.3 Å². The molecular formula is C16H20N2O3. The van der Waals surface area contributed by atoms with E-state index in [9.17, 15) is 0 Å². The van der Waals surface area contributed by atoms with Gasteiger partial charge in [-0.2, -0.15) is 0 Å². The molecule has 1 aromatic heterocycles.